The van der Waals surface area contributed by atoms with Crippen LogP contribution in [0.5, 0.6) is 0 Å². The molecule has 0 bridgehead atoms. The molecule has 1 aromatic rings. The molecule has 1 aromatic heterocycles. The molecular formula is C13H24N2. The highest BCUT2D eigenvalue weighted by Crippen LogP contribution is 2.26. The first kappa shape index (κ1) is 12.3. The first-order chi connectivity index (χ1) is 7.28. The summed E-state index contributed by atoms with van der Waals surface area (Å²) in [6.07, 6.45) is 8.86. The Morgan fingerprint density at radius 2 is 1.67 bits per heavy atom. The van der Waals surface area contributed by atoms with Crippen LogP contribution < -0.4 is 0 Å². The molecule has 0 unspecified atom stereocenters. The number of nitrogens with zero attached hydrogens (tertiary/aromatic N) is 2. The van der Waals surface area contributed by atoms with Gasteiger partial charge < -0.3 is 4.57 Å². The van der Waals surface area contributed by atoms with Crippen LogP contribution in [-0.2, 0) is 0 Å². The molecule has 1 heterocycles. The van der Waals surface area contributed by atoms with E-state index in [0.29, 0.717) is 12.0 Å². The first-order valence-electron chi connectivity index (χ1n) is 6.31. The predicted molar refractivity (Wildman–Crippen MR) is 65.2 cm³/mol. The number of aromatic nitrogens is 2. The molecule has 0 aliphatic heterocycles. The minimum Gasteiger partial charge on any atom is -0.332 e. The molecule has 0 aromatic carbocycles. The lowest BCUT2D eigenvalue weighted by molar-refractivity contribution is 0.432. The molecule has 0 spiro atoms. The standard InChI is InChI=1S/C13H24N2/c1-5-11(6-2)13-14-9-10-15(13)12(7-3)8-4/h9-12H,5-8H2,1-4H3. The van der Waals surface area contributed by atoms with Crippen LogP contribution in [0.2, 0.25) is 0 Å². The Morgan fingerprint density at radius 1 is 1.07 bits per heavy atom. The lowest BCUT2D eigenvalue weighted by Gasteiger charge is -2.21. The third-order valence-corrected chi connectivity index (χ3v) is 3.39. The van der Waals surface area contributed by atoms with Crippen molar-refractivity contribution in [1.82, 2.24) is 9.55 Å². The lowest BCUT2D eigenvalue weighted by Crippen LogP contribution is -2.13. The average molecular weight is 208 g/mol. The fourth-order valence-electron chi connectivity index (χ4n) is 2.29. The van der Waals surface area contributed by atoms with Gasteiger partial charge in [0.1, 0.15) is 5.82 Å². The van der Waals surface area contributed by atoms with E-state index in [9.17, 15) is 0 Å². The Labute approximate surface area is 93.7 Å². The Morgan fingerprint density at radius 3 is 2.13 bits per heavy atom. The smallest absolute Gasteiger partial charge is 0.111 e. The maximum Gasteiger partial charge on any atom is 0.111 e. The van der Waals surface area contributed by atoms with Gasteiger partial charge in [-0.05, 0) is 25.7 Å². The molecule has 0 saturated heterocycles. The van der Waals surface area contributed by atoms with Crippen molar-refractivity contribution >= 4 is 0 Å². The van der Waals surface area contributed by atoms with Crippen LogP contribution in [0, 0.1) is 0 Å². The third-order valence-electron chi connectivity index (χ3n) is 3.39. The van der Waals surface area contributed by atoms with Gasteiger partial charge in [-0.15, -0.1) is 0 Å². The summed E-state index contributed by atoms with van der Waals surface area (Å²) < 4.78 is 2.39. The van der Waals surface area contributed by atoms with Crippen molar-refractivity contribution < 1.29 is 0 Å². The van der Waals surface area contributed by atoms with Crippen molar-refractivity contribution in [3.8, 4) is 0 Å². The zero-order chi connectivity index (χ0) is 11.3. The average Bonchev–Trinajstić information content (AvgIpc) is 2.71. The molecule has 0 saturated carbocycles. The molecule has 0 fully saturated rings. The van der Waals surface area contributed by atoms with Gasteiger partial charge in [0, 0.05) is 24.4 Å². The van der Waals surface area contributed by atoms with Gasteiger partial charge in [0.05, 0.1) is 0 Å². The zero-order valence-corrected chi connectivity index (χ0v) is 10.5. The molecule has 0 radical (unpaired) electrons. The van der Waals surface area contributed by atoms with Crippen molar-refractivity contribution in [2.45, 2.75) is 65.3 Å². The van der Waals surface area contributed by atoms with Gasteiger partial charge in [-0.2, -0.15) is 0 Å². The monoisotopic (exact) mass is 208 g/mol. The molecule has 0 atom stereocenters. The minimum atomic E-state index is 0.626. The summed E-state index contributed by atoms with van der Waals surface area (Å²) in [5.41, 5.74) is 0. The molecule has 0 aliphatic rings. The van der Waals surface area contributed by atoms with Gasteiger partial charge >= 0.3 is 0 Å². The highest BCUT2D eigenvalue weighted by molar-refractivity contribution is 5.01. The van der Waals surface area contributed by atoms with Gasteiger partial charge in [0.25, 0.3) is 0 Å². The molecule has 0 N–H and O–H groups in total. The van der Waals surface area contributed by atoms with E-state index in [2.05, 4.69) is 43.4 Å². The van der Waals surface area contributed by atoms with Gasteiger partial charge in [0.15, 0.2) is 0 Å². The van der Waals surface area contributed by atoms with Crippen molar-refractivity contribution in [3.05, 3.63) is 18.2 Å². The summed E-state index contributed by atoms with van der Waals surface area (Å²) in [7, 11) is 0. The van der Waals surface area contributed by atoms with Gasteiger partial charge in [0.2, 0.25) is 0 Å². The van der Waals surface area contributed by atoms with E-state index in [-0.39, 0.29) is 0 Å². The van der Waals surface area contributed by atoms with Crippen LogP contribution in [0.15, 0.2) is 12.4 Å². The summed E-state index contributed by atoms with van der Waals surface area (Å²) in [5.74, 6) is 1.91. The molecule has 0 amide bonds. The number of hydrogen-bond donors (Lipinski definition) is 0. The van der Waals surface area contributed by atoms with Crippen molar-refractivity contribution in [3.63, 3.8) is 0 Å². The first-order valence-corrected chi connectivity index (χ1v) is 6.31. The fourth-order valence-corrected chi connectivity index (χ4v) is 2.29. The van der Waals surface area contributed by atoms with Crippen LogP contribution in [-0.4, -0.2) is 9.55 Å². The molecule has 2 heteroatoms. The maximum atomic E-state index is 4.54. The van der Waals surface area contributed by atoms with Crippen LogP contribution in [0.3, 0.4) is 0 Å². The fraction of sp³-hybridized carbons (Fsp3) is 0.769. The van der Waals surface area contributed by atoms with E-state index in [0.717, 1.165) is 0 Å². The van der Waals surface area contributed by atoms with E-state index in [4.69, 9.17) is 0 Å². The largest absolute Gasteiger partial charge is 0.332 e. The Kier molecular flexibility index (Phi) is 4.86. The van der Waals surface area contributed by atoms with Crippen molar-refractivity contribution in [1.29, 1.82) is 0 Å². The van der Waals surface area contributed by atoms with Crippen LogP contribution in [0.4, 0.5) is 0 Å². The second kappa shape index (κ2) is 5.94. The van der Waals surface area contributed by atoms with Gasteiger partial charge in [-0.25, -0.2) is 4.98 Å². The molecule has 1 rings (SSSR count). The van der Waals surface area contributed by atoms with E-state index in [1.54, 1.807) is 0 Å². The molecule has 15 heavy (non-hydrogen) atoms. The summed E-state index contributed by atoms with van der Waals surface area (Å²) >= 11 is 0. The van der Waals surface area contributed by atoms with Gasteiger partial charge in [-0.1, -0.05) is 27.7 Å². The number of hydrogen-bond acceptors (Lipinski definition) is 1. The zero-order valence-electron chi connectivity index (χ0n) is 10.5. The molecule has 0 aliphatic carbocycles. The summed E-state index contributed by atoms with van der Waals surface area (Å²) in [5, 5.41) is 0. The second-order valence-corrected chi connectivity index (χ2v) is 4.18. The minimum absolute atomic E-state index is 0.626. The summed E-state index contributed by atoms with van der Waals surface area (Å²) in [6.45, 7) is 9.01. The lowest BCUT2D eigenvalue weighted by atomic mass is 10.0. The number of rotatable bonds is 6. The van der Waals surface area contributed by atoms with E-state index in [1.165, 1.54) is 31.5 Å². The number of imidazole rings is 1. The summed E-state index contributed by atoms with van der Waals surface area (Å²) in [6, 6.07) is 0.628. The second-order valence-electron chi connectivity index (χ2n) is 4.18. The van der Waals surface area contributed by atoms with Crippen LogP contribution in [0.1, 0.15) is 71.2 Å². The van der Waals surface area contributed by atoms with Crippen molar-refractivity contribution in [2.24, 2.45) is 0 Å². The normalized spacial score (nSPS) is 11.6. The highest BCUT2D eigenvalue weighted by Gasteiger charge is 2.16. The molecule has 86 valence electrons. The molecular weight excluding hydrogens is 184 g/mol. The topological polar surface area (TPSA) is 17.8 Å². The van der Waals surface area contributed by atoms with Crippen LogP contribution in [0.25, 0.3) is 0 Å². The highest BCUT2D eigenvalue weighted by atomic mass is 15.1. The Balaban J connectivity index is 2.93. The van der Waals surface area contributed by atoms with Crippen molar-refractivity contribution in [2.75, 3.05) is 0 Å². The third kappa shape index (κ3) is 2.61. The van der Waals surface area contributed by atoms with E-state index < -0.39 is 0 Å². The Bertz CT molecular complexity index is 243. The summed E-state index contributed by atoms with van der Waals surface area (Å²) in [4.78, 5) is 4.54. The van der Waals surface area contributed by atoms with Crippen LogP contribution >= 0.6 is 0 Å². The quantitative estimate of drug-likeness (QED) is 0.686. The van der Waals surface area contributed by atoms with E-state index >= 15 is 0 Å². The SMILES string of the molecule is CCC(CC)c1nccn1C(CC)CC. The van der Waals surface area contributed by atoms with E-state index in [1.807, 2.05) is 6.20 Å². The maximum absolute atomic E-state index is 4.54. The predicted octanol–water partition coefficient (Wildman–Crippen LogP) is 4.15. The molecule has 2 nitrogen and oxygen atoms in total. The van der Waals surface area contributed by atoms with Gasteiger partial charge in [-0.3, -0.25) is 0 Å². The Hall–Kier alpha value is -0.790.